The lowest BCUT2D eigenvalue weighted by atomic mass is 9.96. The minimum absolute atomic E-state index is 0.0840. The van der Waals surface area contributed by atoms with Gasteiger partial charge in [-0.2, -0.15) is 0 Å². The first-order valence-corrected chi connectivity index (χ1v) is 9.04. The number of aromatic nitrogens is 2. The van der Waals surface area contributed by atoms with Gasteiger partial charge in [-0.3, -0.25) is 0 Å². The van der Waals surface area contributed by atoms with Gasteiger partial charge in [0.05, 0.1) is 5.60 Å². The highest BCUT2D eigenvalue weighted by Gasteiger charge is 2.18. The Kier molecular flexibility index (Phi) is 5.70. The first-order chi connectivity index (χ1) is 13.8. The molecule has 0 aliphatic rings. The number of nitrogens with zero attached hydrogens (tertiary/aromatic N) is 4. The molecule has 29 heavy (non-hydrogen) atoms. The number of rotatable bonds is 6. The molecule has 0 fully saturated rings. The van der Waals surface area contributed by atoms with Crippen molar-refractivity contribution in [1.82, 2.24) is 10.2 Å². The molecule has 0 atom stereocenters. The highest BCUT2D eigenvalue weighted by Crippen LogP contribution is 2.25. The molecule has 0 amide bonds. The van der Waals surface area contributed by atoms with E-state index in [1.807, 2.05) is 61.5 Å². The lowest BCUT2D eigenvalue weighted by Gasteiger charge is -2.17. The summed E-state index contributed by atoms with van der Waals surface area (Å²) in [4.78, 5) is 8.35. The van der Waals surface area contributed by atoms with Crippen LogP contribution < -0.4 is 5.73 Å². The zero-order chi connectivity index (χ0) is 21.0. The van der Waals surface area contributed by atoms with Gasteiger partial charge in [-0.15, -0.1) is 10.2 Å². The molecule has 1 aromatic heterocycles. The third kappa shape index (κ3) is 4.64. The highest BCUT2D eigenvalue weighted by atomic mass is 16.4. The molecule has 3 rings (SSSR count). The summed E-state index contributed by atoms with van der Waals surface area (Å²) in [6.45, 7) is 8.78. The minimum Gasteiger partial charge on any atom is -0.414 e. The Morgan fingerprint density at radius 2 is 1.72 bits per heavy atom. The van der Waals surface area contributed by atoms with Crippen LogP contribution in [0, 0.1) is 0 Å². The molecular weight excluding hydrogens is 366 g/mol. The van der Waals surface area contributed by atoms with Crippen LogP contribution in [-0.4, -0.2) is 27.7 Å². The molecule has 2 aromatic carbocycles. The van der Waals surface area contributed by atoms with E-state index in [9.17, 15) is 5.11 Å². The van der Waals surface area contributed by atoms with Gasteiger partial charge in [0, 0.05) is 11.3 Å². The topological polar surface area (TPSA) is 110 Å². The van der Waals surface area contributed by atoms with Crippen LogP contribution in [0.1, 0.15) is 37.8 Å². The largest absolute Gasteiger partial charge is 0.414 e. The monoisotopic (exact) mass is 389 g/mol. The maximum Gasteiger partial charge on any atom is 0.270 e. The molecule has 1 heterocycles. The van der Waals surface area contributed by atoms with Gasteiger partial charge in [0.15, 0.2) is 11.5 Å². The maximum atomic E-state index is 10.1. The van der Waals surface area contributed by atoms with Crippen molar-refractivity contribution in [3.8, 4) is 11.5 Å². The van der Waals surface area contributed by atoms with E-state index >= 15 is 0 Å². The van der Waals surface area contributed by atoms with Crippen LogP contribution in [0.4, 0.5) is 0 Å². The zero-order valence-electron chi connectivity index (χ0n) is 16.6. The summed E-state index contributed by atoms with van der Waals surface area (Å²) < 4.78 is 5.77. The average Bonchev–Trinajstić information content (AvgIpc) is 3.21. The van der Waals surface area contributed by atoms with E-state index < -0.39 is 5.60 Å². The molecule has 0 saturated heterocycles. The van der Waals surface area contributed by atoms with Crippen LogP contribution in [0.3, 0.4) is 0 Å². The van der Waals surface area contributed by atoms with Crippen molar-refractivity contribution in [2.75, 3.05) is 0 Å². The summed E-state index contributed by atoms with van der Waals surface area (Å²) in [6.07, 6.45) is 0. The Balaban J connectivity index is 1.96. The average molecular weight is 389 g/mol. The van der Waals surface area contributed by atoms with Gasteiger partial charge >= 0.3 is 0 Å². The predicted octanol–water partition coefficient (Wildman–Crippen LogP) is 3.76. The van der Waals surface area contributed by atoms with Gasteiger partial charge < -0.3 is 15.3 Å². The maximum absolute atomic E-state index is 10.1. The van der Waals surface area contributed by atoms with Crippen molar-refractivity contribution in [1.29, 1.82) is 0 Å². The molecule has 148 valence electrons. The molecule has 0 unspecified atom stereocenters. The SMILES string of the molecule is C=N/C(N)=C(\N=C(/C)c1ccc(C(C)(C)O)cc1)c1nnc(-c2ccccc2)o1. The van der Waals surface area contributed by atoms with Crippen LogP contribution in [-0.2, 0) is 5.60 Å². The van der Waals surface area contributed by atoms with Crippen LogP contribution in [0.2, 0.25) is 0 Å². The second kappa shape index (κ2) is 8.20. The normalized spacial score (nSPS) is 13.2. The van der Waals surface area contributed by atoms with Crippen molar-refractivity contribution in [3.63, 3.8) is 0 Å². The Morgan fingerprint density at radius 1 is 1.07 bits per heavy atom. The van der Waals surface area contributed by atoms with E-state index in [0.29, 0.717) is 11.6 Å². The van der Waals surface area contributed by atoms with E-state index in [-0.39, 0.29) is 17.4 Å². The molecule has 0 bridgehead atoms. The number of hydrogen-bond acceptors (Lipinski definition) is 7. The molecule has 0 radical (unpaired) electrons. The lowest BCUT2D eigenvalue weighted by molar-refractivity contribution is 0.0786. The Bertz CT molecular complexity index is 1060. The van der Waals surface area contributed by atoms with Crippen LogP contribution >= 0.6 is 0 Å². The number of nitrogens with two attached hydrogens (primary N) is 1. The third-order valence-electron chi connectivity index (χ3n) is 4.35. The van der Waals surface area contributed by atoms with E-state index in [4.69, 9.17) is 10.2 Å². The van der Waals surface area contributed by atoms with Crippen molar-refractivity contribution in [2.24, 2.45) is 15.7 Å². The highest BCUT2D eigenvalue weighted by molar-refractivity contribution is 6.01. The summed E-state index contributed by atoms with van der Waals surface area (Å²) in [5, 5.41) is 18.3. The molecular formula is C22H23N5O2. The molecule has 0 aliphatic carbocycles. The molecule has 3 N–H and O–H groups in total. The van der Waals surface area contributed by atoms with Gasteiger partial charge in [-0.1, -0.05) is 42.5 Å². The van der Waals surface area contributed by atoms with E-state index in [0.717, 1.165) is 16.7 Å². The van der Waals surface area contributed by atoms with Gasteiger partial charge in [-0.25, -0.2) is 9.98 Å². The van der Waals surface area contributed by atoms with Crippen molar-refractivity contribution < 1.29 is 9.52 Å². The van der Waals surface area contributed by atoms with Crippen LogP contribution in [0.25, 0.3) is 17.2 Å². The Labute approximate surface area is 169 Å². The third-order valence-corrected chi connectivity index (χ3v) is 4.35. The second-order valence-electron chi connectivity index (χ2n) is 7.00. The fourth-order valence-electron chi connectivity index (χ4n) is 2.66. The van der Waals surface area contributed by atoms with Gasteiger partial charge in [0.2, 0.25) is 5.89 Å². The van der Waals surface area contributed by atoms with Crippen molar-refractivity contribution in [2.45, 2.75) is 26.4 Å². The smallest absolute Gasteiger partial charge is 0.270 e. The number of benzene rings is 2. The zero-order valence-corrected chi connectivity index (χ0v) is 16.6. The van der Waals surface area contributed by atoms with Gasteiger partial charge in [0.25, 0.3) is 5.89 Å². The first-order valence-electron chi connectivity index (χ1n) is 9.04. The first kappa shape index (κ1) is 20.2. The van der Waals surface area contributed by atoms with Crippen LogP contribution in [0.15, 0.2) is 74.8 Å². The standard InChI is InChI=1S/C22H23N5O2/c1-14(15-10-12-17(13-11-15)22(2,3)28)25-18(19(23)24-4)21-27-26-20(29-21)16-8-6-5-7-9-16/h5-13,28H,4,23H2,1-3H3/b19-18-,25-14+. The minimum atomic E-state index is -0.913. The predicted molar refractivity (Wildman–Crippen MR) is 114 cm³/mol. The van der Waals surface area contributed by atoms with Gasteiger partial charge in [-0.05, 0) is 50.7 Å². The van der Waals surface area contributed by atoms with E-state index in [2.05, 4.69) is 26.9 Å². The summed E-state index contributed by atoms with van der Waals surface area (Å²) in [7, 11) is 0. The summed E-state index contributed by atoms with van der Waals surface area (Å²) in [5.41, 5.74) is 8.45. The Hall–Kier alpha value is -3.58. The Morgan fingerprint density at radius 3 is 2.31 bits per heavy atom. The van der Waals surface area contributed by atoms with E-state index in [1.165, 1.54) is 0 Å². The molecule has 7 nitrogen and oxygen atoms in total. The summed E-state index contributed by atoms with van der Waals surface area (Å²) in [5.74, 6) is 0.597. The molecule has 0 spiro atoms. The molecule has 0 saturated carbocycles. The summed E-state index contributed by atoms with van der Waals surface area (Å²) in [6, 6.07) is 16.9. The quantitative estimate of drug-likeness (QED) is 0.624. The summed E-state index contributed by atoms with van der Waals surface area (Å²) >= 11 is 0. The number of hydrogen-bond donors (Lipinski definition) is 2. The fraction of sp³-hybridized carbons (Fsp3) is 0.182. The second-order valence-corrected chi connectivity index (χ2v) is 7.00. The van der Waals surface area contributed by atoms with Crippen LogP contribution in [0.5, 0.6) is 0 Å². The molecule has 3 aromatic rings. The number of aliphatic imine (C=N–C) groups is 2. The lowest BCUT2D eigenvalue weighted by Crippen LogP contribution is -2.15. The number of aliphatic hydroxyl groups is 1. The molecule has 7 heteroatoms. The van der Waals surface area contributed by atoms with Gasteiger partial charge in [0.1, 0.15) is 0 Å². The van der Waals surface area contributed by atoms with Crippen molar-refractivity contribution >= 4 is 18.1 Å². The van der Waals surface area contributed by atoms with E-state index in [1.54, 1.807) is 13.8 Å². The fourth-order valence-corrected chi connectivity index (χ4v) is 2.66. The molecule has 0 aliphatic heterocycles. The van der Waals surface area contributed by atoms with Crippen molar-refractivity contribution in [3.05, 3.63) is 77.4 Å².